The number of hydrogen-bond donors (Lipinski definition) is 1. The van der Waals surface area contributed by atoms with Gasteiger partial charge < -0.3 is 14.5 Å². The highest BCUT2D eigenvalue weighted by molar-refractivity contribution is 5.66. The van der Waals surface area contributed by atoms with Gasteiger partial charge in [-0.3, -0.25) is 4.98 Å². The number of benzene rings is 2. The third-order valence-electron chi connectivity index (χ3n) is 5.15. The van der Waals surface area contributed by atoms with Gasteiger partial charge in [-0.2, -0.15) is 13.2 Å². The van der Waals surface area contributed by atoms with Crippen LogP contribution in [0.1, 0.15) is 34.0 Å². The summed E-state index contributed by atoms with van der Waals surface area (Å²) in [7, 11) is 0. The van der Waals surface area contributed by atoms with Gasteiger partial charge in [-0.1, -0.05) is 30.3 Å². The average Bonchev–Trinajstić information content (AvgIpc) is 3.33. The standard InChI is InChI=1S/C27H24F3N3O2/c28-27(29,30)22-9-4-20(5-10-22)8-13-26-33-24(19-35-26)18-34-25-11-6-21(7-12-25)17-31-16-14-23-3-1-2-15-32-23/h1-13,15,19,31H,14,16-18H2/b13-8+. The summed E-state index contributed by atoms with van der Waals surface area (Å²) < 4.78 is 49.1. The van der Waals surface area contributed by atoms with Gasteiger partial charge in [0.1, 0.15) is 24.3 Å². The summed E-state index contributed by atoms with van der Waals surface area (Å²) in [6.07, 6.45) is 3.06. The van der Waals surface area contributed by atoms with Crippen molar-refractivity contribution >= 4 is 12.2 Å². The van der Waals surface area contributed by atoms with Crippen molar-refractivity contribution in [2.45, 2.75) is 25.7 Å². The van der Waals surface area contributed by atoms with Crippen LogP contribution >= 0.6 is 0 Å². The summed E-state index contributed by atoms with van der Waals surface area (Å²) in [6.45, 7) is 1.83. The lowest BCUT2D eigenvalue weighted by Gasteiger charge is -2.07. The van der Waals surface area contributed by atoms with E-state index in [0.717, 1.165) is 42.9 Å². The zero-order valence-electron chi connectivity index (χ0n) is 18.8. The zero-order valence-corrected chi connectivity index (χ0v) is 18.8. The Hall–Kier alpha value is -3.91. The van der Waals surface area contributed by atoms with E-state index in [-0.39, 0.29) is 6.61 Å². The predicted octanol–water partition coefficient (Wildman–Crippen LogP) is 6.17. The highest BCUT2D eigenvalue weighted by Crippen LogP contribution is 2.29. The molecule has 35 heavy (non-hydrogen) atoms. The van der Waals surface area contributed by atoms with E-state index >= 15 is 0 Å². The monoisotopic (exact) mass is 479 g/mol. The van der Waals surface area contributed by atoms with Gasteiger partial charge in [0.05, 0.1) is 5.56 Å². The number of alkyl halides is 3. The highest BCUT2D eigenvalue weighted by atomic mass is 19.4. The largest absolute Gasteiger partial charge is 0.487 e. The van der Waals surface area contributed by atoms with E-state index in [2.05, 4.69) is 15.3 Å². The lowest BCUT2D eigenvalue weighted by molar-refractivity contribution is -0.137. The van der Waals surface area contributed by atoms with Crippen LogP contribution in [0, 0.1) is 0 Å². The summed E-state index contributed by atoms with van der Waals surface area (Å²) in [5, 5.41) is 3.40. The molecule has 0 saturated heterocycles. The molecule has 0 aliphatic rings. The lowest BCUT2D eigenvalue weighted by Crippen LogP contribution is -2.17. The smallest absolute Gasteiger partial charge is 0.416 e. The fourth-order valence-electron chi connectivity index (χ4n) is 3.27. The Morgan fingerprint density at radius 3 is 2.43 bits per heavy atom. The van der Waals surface area contributed by atoms with Gasteiger partial charge in [0.25, 0.3) is 0 Å². The van der Waals surface area contributed by atoms with Crippen molar-refractivity contribution in [1.29, 1.82) is 0 Å². The van der Waals surface area contributed by atoms with Crippen molar-refractivity contribution in [1.82, 2.24) is 15.3 Å². The molecule has 5 nitrogen and oxygen atoms in total. The van der Waals surface area contributed by atoms with E-state index in [1.54, 1.807) is 18.3 Å². The van der Waals surface area contributed by atoms with E-state index in [1.807, 2.05) is 42.5 Å². The second-order valence-corrected chi connectivity index (χ2v) is 7.81. The van der Waals surface area contributed by atoms with Gasteiger partial charge in [0.15, 0.2) is 0 Å². The molecule has 4 rings (SSSR count). The Morgan fingerprint density at radius 1 is 0.914 bits per heavy atom. The number of pyridine rings is 1. The number of ether oxygens (including phenoxy) is 1. The molecule has 2 aromatic carbocycles. The number of nitrogens with one attached hydrogen (secondary N) is 1. The van der Waals surface area contributed by atoms with E-state index in [9.17, 15) is 13.2 Å². The van der Waals surface area contributed by atoms with Crippen LogP contribution < -0.4 is 10.1 Å². The molecule has 0 unspecified atom stereocenters. The molecular weight excluding hydrogens is 455 g/mol. The van der Waals surface area contributed by atoms with Crippen LogP contribution in [-0.2, 0) is 25.7 Å². The maximum absolute atomic E-state index is 12.6. The normalized spacial score (nSPS) is 11.7. The van der Waals surface area contributed by atoms with Crippen molar-refractivity contribution in [3.8, 4) is 5.75 Å². The van der Waals surface area contributed by atoms with Gasteiger partial charge in [-0.05, 0) is 53.6 Å². The molecule has 0 saturated carbocycles. The Labute approximate surface area is 201 Å². The van der Waals surface area contributed by atoms with Crippen LogP contribution in [0.25, 0.3) is 12.2 Å². The molecule has 2 aromatic heterocycles. The van der Waals surface area contributed by atoms with Gasteiger partial charge in [-0.25, -0.2) is 4.98 Å². The van der Waals surface area contributed by atoms with Crippen LogP contribution in [0.2, 0.25) is 0 Å². The summed E-state index contributed by atoms with van der Waals surface area (Å²) in [4.78, 5) is 8.63. The first-order valence-electron chi connectivity index (χ1n) is 11.1. The molecule has 2 heterocycles. The fraction of sp³-hybridized carbons (Fsp3) is 0.185. The molecule has 0 atom stereocenters. The number of halogens is 3. The quantitative estimate of drug-likeness (QED) is 0.276. The van der Waals surface area contributed by atoms with Crippen LogP contribution in [0.3, 0.4) is 0 Å². The van der Waals surface area contributed by atoms with Gasteiger partial charge in [0.2, 0.25) is 5.89 Å². The number of nitrogens with zero attached hydrogens (tertiary/aromatic N) is 2. The second-order valence-electron chi connectivity index (χ2n) is 7.81. The van der Waals surface area contributed by atoms with Crippen LogP contribution in [-0.4, -0.2) is 16.5 Å². The SMILES string of the molecule is FC(F)(F)c1ccc(/C=C/c2nc(COc3ccc(CNCCc4ccccn4)cc3)co2)cc1. The minimum absolute atomic E-state index is 0.235. The van der Waals surface area contributed by atoms with Crippen LogP contribution in [0.4, 0.5) is 13.2 Å². The average molecular weight is 480 g/mol. The van der Waals surface area contributed by atoms with Crippen molar-refractivity contribution < 1.29 is 22.3 Å². The molecule has 0 aliphatic heterocycles. The van der Waals surface area contributed by atoms with E-state index in [4.69, 9.17) is 9.15 Å². The minimum atomic E-state index is -4.35. The van der Waals surface area contributed by atoms with Crippen molar-refractivity contribution in [2.24, 2.45) is 0 Å². The van der Waals surface area contributed by atoms with E-state index in [1.165, 1.54) is 18.4 Å². The zero-order chi connectivity index (χ0) is 24.5. The molecule has 1 N–H and O–H groups in total. The lowest BCUT2D eigenvalue weighted by atomic mass is 10.1. The molecular formula is C27H24F3N3O2. The van der Waals surface area contributed by atoms with Gasteiger partial charge in [-0.15, -0.1) is 0 Å². The first kappa shape index (κ1) is 24.2. The van der Waals surface area contributed by atoms with Gasteiger partial charge in [0, 0.05) is 37.5 Å². The first-order valence-corrected chi connectivity index (χ1v) is 11.1. The Kier molecular flexibility index (Phi) is 7.95. The van der Waals surface area contributed by atoms with Gasteiger partial charge >= 0.3 is 6.18 Å². The highest BCUT2D eigenvalue weighted by Gasteiger charge is 2.29. The topological polar surface area (TPSA) is 60.2 Å². The first-order chi connectivity index (χ1) is 17.0. The minimum Gasteiger partial charge on any atom is -0.487 e. The maximum Gasteiger partial charge on any atom is 0.416 e. The second kappa shape index (κ2) is 11.5. The molecule has 4 aromatic rings. The molecule has 0 radical (unpaired) electrons. The molecule has 180 valence electrons. The molecule has 0 bridgehead atoms. The Morgan fingerprint density at radius 2 is 1.71 bits per heavy atom. The number of oxazole rings is 1. The summed E-state index contributed by atoms with van der Waals surface area (Å²) in [6, 6.07) is 18.6. The molecule has 8 heteroatoms. The molecule has 0 spiro atoms. The van der Waals surface area contributed by atoms with Crippen molar-refractivity contribution in [3.63, 3.8) is 0 Å². The Bertz CT molecular complexity index is 1220. The van der Waals surface area contributed by atoms with E-state index < -0.39 is 11.7 Å². The summed E-state index contributed by atoms with van der Waals surface area (Å²) >= 11 is 0. The van der Waals surface area contributed by atoms with Crippen LogP contribution in [0.5, 0.6) is 5.75 Å². The molecule has 0 fully saturated rings. The van der Waals surface area contributed by atoms with Crippen molar-refractivity contribution in [3.05, 3.63) is 113 Å². The Balaban J connectivity index is 1.21. The number of hydrogen-bond acceptors (Lipinski definition) is 5. The van der Waals surface area contributed by atoms with Crippen LogP contribution in [0.15, 0.2) is 83.6 Å². The molecule has 0 amide bonds. The third-order valence-corrected chi connectivity index (χ3v) is 5.15. The predicted molar refractivity (Wildman–Crippen MR) is 127 cm³/mol. The number of rotatable bonds is 10. The van der Waals surface area contributed by atoms with Crippen molar-refractivity contribution in [2.75, 3.05) is 6.54 Å². The maximum atomic E-state index is 12.6. The third kappa shape index (κ3) is 7.55. The van der Waals surface area contributed by atoms with E-state index in [0.29, 0.717) is 22.9 Å². The fourth-order valence-corrected chi connectivity index (χ4v) is 3.27. The summed E-state index contributed by atoms with van der Waals surface area (Å²) in [5.41, 5.74) is 2.75. The summed E-state index contributed by atoms with van der Waals surface area (Å²) in [5.74, 6) is 1.06. The molecule has 0 aliphatic carbocycles. The number of aromatic nitrogens is 2.